The Kier molecular flexibility index (Phi) is 6.49. The summed E-state index contributed by atoms with van der Waals surface area (Å²) in [5.41, 5.74) is 2.85. The Hall–Kier alpha value is -2.21. The minimum absolute atomic E-state index is 0.225. The van der Waals surface area contributed by atoms with Crippen LogP contribution in [0.2, 0.25) is 0 Å². The topological polar surface area (TPSA) is 59.6 Å². The zero-order chi connectivity index (χ0) is 17.5. The van der Waals surface area contributed by atoms with Crippen molar-refractivity contribution in [3.63, 3.8) is 0 Å². The normalized spacial score (nSPS) is 10.2. The highest BCUT2D eigenvalue weighted by Crippen LogP contribution is 2.27. The standard InChI is InChI=1S/C18H21BrN2O3/c1-12-4-6-14(19)11-15(12)21-18(22)20-9-8-13-5-7-16(23-2)17(10-13)24-3/h4-7,10-11H,8-9H2,1-3H3,(H2,20,21,22). The molecule has 6 heteroatoms. The molecule has 2 rings (SSSR count). The molecule has 0 spiro atoms. The first-order valence-electron chi connectivity index (χ1n) is 7.55. The number of hydrogen-bond acceptors (Lipinski definition) is 3. The molecule has 0 aliphatic carbocycles. The predicted molar refractivity (Wildman–Crippen MR) is 99.2 cm³/mol. The van der Waals surface area contributed by atoms with Crippen molar-refractivity contribution in [2.24, 2.45) is 0 Å². The van der Waals surface area contributed by atoms with Gasteiger partial charge in [-0.05, 0) is 48.7 Å². The molecule has 128 valence electrons. The second kappa shape index (κ2) is 8.59. The Labute approximate surface area is 150 Å². The largest absolute Gasteiger partial charge is 0.493 e. The maximum Gasteiger partial charge on any atom is 0.319 e. The predicted octanol–water partition coefficient (Wildman–Crippen LogP) is 4.14. The van der Waals surface area contributed by atoms with Crippen LogP contribution in [-0.2, 0) is 6.42 Å². The SMILES string of the molecule is COc1ccc(CCNC(=O)Nc2cc(Br)ccc2C)cc1OC. The smallest absolute Gasteiger partial charge is 0.319 e. The number of ether oxygens (including phenoxy) is 2. The van der Waals surface area contributed by atoms with E-state index in [1.807, 2.05) is 43.3 Å². The summed E-state index contributed by atoms with van der Waals surface area (Å²) in [6.45, 7) is 2.47. The van der Waals surface area contributed by atoms with Crippen LogP contribution in [0.4, 0.5) is 10.5 Å². The summed E-state index contributed by atoms with van der Waals surface area (Å²) < 4.78 is 11.4. The molecule has 2 aromatic carbocycles. The summed E-state index contributed by atoms with van der Waals surface area (Å²) in [7, 11) is 3.21. The van der Waals surface area contributed by atoms with Crippen LogP contribution in [0.3, 0.4) is 0 Å². The van der Waals surface area contributed by atoms with Crippen molar-refractivity contribution in [1.29, 1.82) is 0 Å². The van der Waals surface area contributed by atoms with Gasteiger partial charge in [-0.3, -0.25) is 0 Å². The summed E-state index contributed by atoms with van der Waals surface area (Å²) in [4.78, 5) is 12.0. The lowest BCUT2D eigenvalue weighted by Gasteiger charge is -2.11. The molecule has 0 heterocycles. The van der Waals surface area contributed by atoms with Crippen LogP contribution in [0.5, 0.6) is 11.5 Å². The van der Waals surface area contributed by atoms with E-state index in [4.69, 9.17) is 9.47 Å². The van der Waals surface area contributed by atoms with Gasteiger partial charge in [-0.1, -0.05) is 28.1 Å². The first-order chi connectivity index (χ1) is 11.5. The number of amides is 2. The average Bonchev–Trinajstić information content (AvgIpc) is 2.58. The number of urea groups is 1. The fourth-order valence-electron chi connectivity index (χ4n) is 2.25. The number of carbonyl (C=O) groups is 1. The fraction of sp³-hybridized carbons (Fsp3) is 0.278. The van der Waals surface area contributed by atoms with Crippen LogP contribution < -0.4 is 20.1 Å². The molecule has 0 radical (unpaired) electrons. The molecule has 0 aliphatic rings. The van der Waals surface area contributed by atoms with Crippen LogP contribution >= 0.6 is 15.9 Å². The number of nitrogens with one attached hydrogen (secondary N) is 2. The van der Waals surface area contributed by atoms with Crippen LogP contribution in [0.25, 0.3) is 0 Å². The van der Waals surface area contributed by atoms with Crippen LogP contribution in [0.15, 0.2) is 40.9 Å². The van der Waals surface area contributed by atoms with Gasteiger partial charge in [0.2, 0.25) is 0 Å². The number of rotatable bonds is 6. The molecule has 0 aromatic heterocycles. The number of benzene rings is 2. The Morgan fingerprint density at radius 2 is 1.83 bits per heavy atom. The Bertz CT molecular complexity index is 719. The van der Waals surface area contributed by atoms with E-state index in [-0.39, 0.29) is 6.03 Å². The number of anilines is 1. The van der Waals surface area contributed by atoms with Gasteiger partial charge in [0.15, 0.2) is 11.5 Å². The molecule has 0 saturated heterocycles. The van der Waals surface area contributed by atoms with Gasteiger partial charge in [0, 0.05) is 16.7 Å². The molecule has 2 amide bonds. The molecular formula is C18H21BrN2O3. The molecule has 5 nitrogen and oxygen atoms in total. The van der Waals surface area contributed by atoms with Crippen molar-refractivity contribution in [2.75, 3.05) is 26.1 Å². The van der Waals surface area contributed by atoms with Gasteiger partial charge >= 0.3 is 6.03 Å². The van der Waals surface area contributed by atoms with Gasteiger partial charge < -0.3 is 20.1 Å². The summed E-state index contributed by atoms with van der Waals surface area (Å²) in [6.07, 6.45) is 0.700. The first kappa shape index (κ1) is 18.1. The third-order valence-corrected chi connectivity index (χ3v) is 4.09. The lowest BCUT2D eigenvalue weighted by Crippen LogP contribution is -2.30. The highest BCUT2D eigenvalue weighted by atomic mass is 79.9. The third kappa shape index (κ3) is 4.89. The molecule has 0 bridgehead atoms. The molecule has 0 aliphatic heterocycles. The van der Waals surface area contributed by atoms with Gasteiger partial charge in [0.05, 0.1) is 14.2 Å². The van der Waals surface area contributed by atoms with Crippen LogP contribution in [0.1, 0.15) is 11.1 Å². The van der Waals surface area contributed by atoms with Gasteiger partial charge in [-0.2, -0.15) is 0 Å². The summed E-state index contributed by atoms with van der Waals surface area (Å²) in [5, 5.41) is 5.71. The number of methoxy groups -OCH3 is 2. The highest BCUT2D eigenvalue weighted by molar-refractivity contribution is 9.10. The molecule has 2 N–H and O–H groups in total. The minimum atomic E-state index is -0.225. The molecule has 0 fully saturated rings. The summed E-state index contributed by atoms with van der Waals surface area (Å²) in [6, 6.07) is 11.3. The molecule has 0 atom stereocenters. The number of hydrogen-bond donors (Lipinski definition) is 2. The monoisotopic (exact) mass is 392 g/mol. The number of aryl methyl sites for hydroxylation is 1. The maximum atomic E-state index is 12.0. The lowest BCUT2D eigenvalue weighted by molar-refractivity contribution is 0.252. The van der Waals surface area contributed by atoms with E-state index < -0.39 is 0 Å². The third-order valence-electron chi connectivity index (χ3n) is 3.60. The van der Waals surface area contributed by atoms with Crippen LogP contribution in [-0.4, -0.2) is 26.8 Å². The van der Waals surface area contributed by atoms with Crippen LogP contribution in [0, 0.1) is 6.92 Å². The van der Waals surface area contributed by atoms with Crippen molar-refractivity contribution in [1.82, 2.24) is 5.32 Å². The number of carbonyl (C=O) groups excluding carboxylic acids is 1. The average molecular weight is 393 g/mol. The van der Waals surface area contributed by atoms with Gasteiger partial charge in [0.25, 0.3) is 0 Å². The van der Waals surface area contributed by atoms with E-state index in [1.165, 1.54) is 0 Å². The maximum absolute atomic E-state index is 12.0. The van der Waals surface area contributed by atoms with Gasteiger partial charge in [-0.15, -0.1) is 0 Å². The lowest BCUT2D eigenvalue weighted by atomic mass is 10.1. The molecular weight excluding hydrogens is 372 g/mol. The summed E-state index contributed by atoms with van der Waals surface area (Å²) in [5.74, 6) is 1.38. The van der Waals surface area contributed by atoms with Crippen molar-refractivity contribution in [3.8, 4) is 11.5 Å². The quantitative estimate of drug-likeness (QED) is 0.776. The second-order valence-corrected chi connectivity index (χ2v) is 6.20. The van der Waals surface area contributed by atoms with E-state index in [9.17, 15) is 4.79 Å². The molecule has 2 aromatic rings. The molecule has 0 unspecified atom stereocenters. The van der Waals surface area contributed by atoms with E-state index in [0.717, 1.165) is 21.3 Å². The van der Waals surface area contributed by atoms with E-state index in [1.54, 1.807) is 14.2 Å². The fourth-order valence-corrected chi connectivity index (χ4v) is 2.61. The molecule has 24 heavy (non-hydrogen) atoms. The number of halogens is 1. The van der Waals surface area contributed by atoms with E-state index >= 15 is 0 Å². The second-order valence-electron chi connectivity index (χ2n) is 5.28. The Morgan fingerprint density at radius 3 is 2.54 bits per heavy atom. The Balaban J connectivity index is 1.87. The zero-order valence-corrected chi connectivity index (χ0v) is 15.6. The molecule has 0 saturated carbocycles. The van der Waals surface area contributed by atoms with Gasteiger partial charge in [0.1, 0.15) is 0 Å². The van der Waals surface area contributed by atoms with Gasteiger partial charge in [-0.25, -0.2) is 4.79 Å². The minimum Gasteiger partial charge on any atom is -0.493 e. The van der Waals surface area contributed by atoms with Crippen molar-refractivity contribution in [3.05, 3.63) is 52.0 Å². The Morgan fingerprint density at radius 1 is 1.08 bits per heavy atom. The highest BCUT2D eigenvalue weighted by Gasteiger charge is 2.07. The van der Waals surface area contributed by atoms with E-state index in [2.05, 4.69) is 26.6 Å². The first-order valence-corrected chi connectivity index (χ1v) is 8.34. The zero-order valence-electron chi connectivity index (χ0n) is 14.0. The summed E-state index contributed by atoms with van der Waals surface area (Å²) >= 11 is 3.40. The van der Waals surface area contributed by atoms with E-state index in [0.29, 0.717) is 24.5 Å². The van der Waals surface area contributed by atoms with Crippen molar-refractivity contribution in [2.45, 2.75) is 13.3 Å². The van der Waals surface area contributed by atoms with Crippen molar-refractivity contribution >= 4 is 27.6 Å². The van der Waals surface area contributed by atoms with Crippen molar-refractivity contribution < 1.29 is 14.3 Å².